The van der Waals surface area contributed by atoms with Gasteiger partial charge in [-0.05, 0) is 18.9 Å². The average Bonchev–Trinajstić information content (AvgIpc) is 2.15. The summed E-state index contributed by atoms with van der Waals surface area (Å²) in [6, 6.07) is 7.52. The van der Waals surface area contributed by atoms with E-state index >= 15 is 0 Å². The molecule has 0 bridgehead atoms. The third-order valence-corrected chi connectivity index (χ3v) is 1.97. The molecule has 0 aliphatic rings. The van der Waals surface area contributed by atoms with Crippen molar-refractivity contribution in [2.45, 2.75) is 19.4 Å². The van der Waals surface area contributed by atoms with Crippen molar-refractivity contribution >= 4 is 0 Å². The minimum absolute atomic E-state index is 0.0685. The summed E-state index contributed by atoms with van der Waals surface area (Å²) >= 11 is 0. The summed E-state index contributed by atoms with van der Waals surface area (Å²) < 4.78 is 0. The molecule has 0 saturated heterocycles. The fourth-order valence-corrected chi connectivity index (χ4v) is 1.36. The third kappa shape index (κ3) is 4.42. The van der Waals surface area contributed by atoms with Gasteiger partial charge in [0.25, 0.3) is 5.09 Å². The first-order chi connectivity index (χ1) is 7.08. The highest BCUT2D eigenvalue weighted by Gasteiger charge is 2.06. The second-order valence-corrected chi connectivity index (χ2v) is 3.47. The Labute approximate surface area is 88.0 Å². The van der Waals surface area contributed by atoms with Crippen molar-refractivity contribution in [1.82, 2.24) is 0 Å². The number of aryl methyl sites for hydroxylation is 1. The van der Waals surface area contributed by atoms with E-state index in [1.165, 1.54) is 0 Å². The minimum atomic E-state index is -0.823. The molecule has 1 aromatic carbocycles. The number of nitrogens with two attached hydrogens (primary N) is 1. The highest BCUT2D eigenvalue weighted by Crippen LogP contribution is 2.06. The maximum atomic E-state index is 9.94. The van der Waals surface area contributed by atoms with Gasteiger partial charge >= 0.3 is 0 Å². The van der Waals surface area contributed by atoms with Gasteiger partial charge in [-0.1, -0.05) is 29.8 Å². The second-order valence-electron chi connectivity index (χ2n) is 3.47. The Morgan fingerprint density at radius 1 is 1.60 bits per heavy atom. The number of benzene rings is 1. The molecule has 0 aliphatic heterocycles. The highest BCUT2D eigenvalue weighted by atomic mass is 16.9. The number of hydrogen-bond acceptors (Lipinski definition) is 4. The van der Waals surface area contributed by atoms with Gasteiger partial charge in [-0.25, -0.2) is 0 Å². The van der Waals surface area contributed by atoms with Crippen molar-refractivity contribution in [2.75, 3.05) is 6.61 Å². The summed E-state index contributed by atoms with van der Waals surface area (Å²) in [5.41, 5.74) is 7.89. The number of rotatable bonds is 5. The van der Waals surface area contributed by atoms with Crippen LogP contribution in [0.4, 0.5) is 0 Å². The van der Waals surface area contributed by atoms with Crippen LogP contribution in [0.3, 0.4) is 0 Å². The van der Waals surface area contributed by atoms with E-state index in [0.717, 1.165) is 11.1 Å². The molecule has 1 aromatic rings. The Kier molecular flexibility index (Phi) is 4.05. The normalized spacial score (nSPS) is 12.1. The minimum Gasteiger partial charge on any atom is -0.326 e. The van der Waals surface area contributed by atoms with Gasteiger partial charge in [0.15, 0.2) is 0 Å². The molecule has 1 rings (SSSR count). The van der Waals surface area contributed by atoms with Gasteiger partial charge in [-0.2, -0.15) is 0 Å². The number of nitrogens with zero attached hydrogens (tertiary/aromatic N) is 1. The topological polar surface area (TPSA) is 78.4 Å². The Hall–Kier alpha value is -1.62. The van der Waals surface area contributed by atoms with Crippen molar-refractivity contribution in [1.29, 1.82) is 0 Å². The molecular formula is C10H14N2O3. The van der Waals surface area contributed by atoms with Crippen molar-refractivity contribution < 1.29 is 9.92 Å². The molecule has 1 unspecified atom stereocenters. The maximum absolute atomic E-state index is 9.94. The molecule has 0 amide bonds. The van der Waals surface area contributed by atoms with Gasteiger partial charge in [0, 0.05) is 6.04 Å². The van der Waals surface area contributed by atoms with Crippen LogP contribution >= 0.6 is 0 Å². The summed E-state index contributed by atoms with van der Waals surface area (Å²) in [6.07, 6.45) is 0.579. The Morgan fingerprint density at radius 3 is 2.93 bits per heavy atom. The zero-order chi connectivity index (χ0) is 11.3. The Balaban J connectivity index is 2.44. The fourth-order valence-electron chi connectivity index (χ4n) is 1.36. The van der Waals surface area contributed by atoms with Gasteiger partial charge in [-0.3, -0.25) is 0 Å². The summed E-state index contributed by atoms with van der Waals surface area (Å²) in [5.74, 6) is 0. The zero-order valence-electron chi connectivity index (χ0n) is 8.55. The quantitative estimate of drug-likeness (QED) is 0.582. The smallest absolute Gasteiger partial charge is 0.294 e. The average molecular weight is 210 g/mol. The Bertz CT molecular complexity index is 341. The van der Waals surface area contributed by atoms with E-state index in [1.54, 1.807) is 0 Å². The SMILES string of the molecule is Cc1cccc(CC(N)CO[N+](=O)[O-])c1. The van der Waals surface area contributed by atoms with Gasteiger partial charge in [0.05, 0.1) is 0 Å². The predicted octanol–water partition coefficient (Wildman–Crippen LogP) is 1.07. The number of hydrogen-bond donors (Lipinski definition) is 1. The van der Waals surface area contributed by atoms with E-state index in [0.29, 0.717) is 6.42 Å². The lowest BCUT2D eigenvalue weighted by molar-refractivity contribution is -0.758. The summed E-state index contributed by atoms with van der Waals surface area (Å²) in [5, 5.41) is 9.11. The maximum Gasteiger partial charge on any atom is 0.294 e. The van der Waals surface area contributed by atoms with E-state index in [9.17, 15) is 10.1 Å². The fraction of sp³-hybridized carbons (Fsp3) is 0.400. The van der Waals surface area contributed by atoms with Crippen molar-refractivity contribution in [3.63, 3.8) is 0 Å². The largest absolute Gasteiger partial charge is 0.326 e. The molecule has 0 heterocycles. The Morgan fingerprint density at radius 2 is 2.33 bits per heavy atom. The van der Waals surface area contributed by atoms with Gasteiger partial charge in [0.2, 0.25) is 0 Å². The van der Waals surface area contributed by atoms with E-state index in [2.05, 4.69) is 4.84 Å². The first kappa shape index (κ1) is 11.5. The standard InChI is InChI=1S/C10H14N2O3/c1-8-3-2-4-9(5-8)6-10(11)7-15-12(13)14/h2-5,10H,6-7,11H2,1H3. The molecule has 5 heteroatoms. The lowest BCUT2D eigenvalue weighted by Crippen LogP contribution is -2.29. The molecule has 0 spiro atoms. The lowest BCUT2D eigenvalue weighted by Gasteiger charge is -2.10. The molecule has 0 radical (unpaired) electrons. The zero-order valence-corrected chi connectivity index (χ0v) is 8.55. The van der Waals surface area contributed by atoms with Crippen LogP contribution in [-0.4, -0.2) is 17.7 Å². The van der Waals surface area contributed by atoms with E-state index in [-0.39, 0.29) is 12.6 Å². The van der Waals surface area contributed by atoms with E-state index in [1.807, 2.05) is 31.2 Å². The van der Waals surface area contributed by atoms with Crippen LogP contribution in [0.2, 0.25) is 0 Å². The van der Waals surface area contributed by atoms with Crippen LogP contribution in [0.1, 0.15) is 11.1 Å². The van der Waals surface area contributed by atoms with Crippen molar-refractivity contribution in [2.24, 2.45) is 5.73 Å². The lowest BCUT2D eigenvalue weighted by atomic mass is 10.1. The third-order valence-electron chi connectivity index (χ3n) is 1.97. The van der Waals surface area contributed by atoms with Crippen LogP contribution in [-0.2, 0) is 11.3 Å². The van der Waals surface area contributed by atoms with Gasteiger partial charge in [-0.15, -0.1) is 10.1 Å². The molecule has 0 saturated carbocycles. The molecular weight excluding hydrogens is 196 g/mol. The highest BCUT2D eigenvalue weighted by molar-refractivity contribution is 5.22. The molecule has 2 N–H and O–H groups in total. The van der Waals surface area contributed by atoms with E-state index < -0.39 is 5.09 Å². The summed E-state index contributed by atoms with van der Waals surface area (Å²) in [7, 11) is 0. The van der Waals surface area contributed by atoms with Crippen LogP contribution in [0.15, 0.2) is 24.3 Å². The van der Waals surface area contributed by atoms with Gasteiger partial charge < -0.3 is 10.6 Å². The monoisotopic (exact) mass is 210 g/mol. The first-order valence-electron chi connectivity index (χ1n) is 4.66. The van der Waals surface area contributed by atoms with Crippen LogP contribution in [0, 0.1) is 17.0 Å². The molecule has 15 heavy (non-hydrogen) atoms. The van der Waals surface area contributed by atoms with Crippen molar-refractivity contribution in [3.8, 4) is 0 Å². The van der Waals surface area contributed by atoms with Crippen LogP contribution in [0.25, 0.3) is 0 Å². The van der Waals surface area contributed by atoms with E-state index in [4.69, 9.17) is 5.73 Å². The van der Waals surface area contributed by atoms with Crippen LogP contribution in [0.5, 0.6) is 0 Å². The van der Waals surface area contributed by atoms with Gasteiger partial charge in [0.1, 0.15) is 6.61 Å². The molecule has 0 fully saturated rings. The van der Waals surface area contributed by atoms with Crippen molar-refractivity contribution in [3.05, 3.63) is 45.5 Å². The molecule has 82 valence electrons. The van der Waals surface area contributed by atoms with Crippen LogP contribution < -0.4 is 5.73 Å². The molecule has 0 aromatic heterocycles. The molecule has 5 nitrogen and oxygen atoms in total. The molecule has 1 atom stereocenters. The second kappa shape index (κ2) is 5.31. The summed E-state index contributed by atoms with van der Waals surface area (Å²) in [4.78, 5) is 14.1. The molecule has 0 aliphatic carbocycles. The first-order valence-corrected chi connectivity index (χ1v) is 4.66. The predicted molar refractivity (Wildman–Crippen MR) is 55.8 cm³/mol. The summed E-state index contributed by atoms with van der Waals surface area (Å²) in [6.45, 7) is 1.92.